The van der Waals surface area contributed by atoms with E-state index < -0.39 is 17.7 Å². The topological polar surface area (TPSA) is 57.0 Å². The third-order valence-corrected chi connectivity index (χ3v) is 3.96. The Balaban J connectivity index is 2.37. The summed E-state index contributed by atoms with van der Waals surface area (Å²) in [7, 11) is 0. The van der Waals surface area contributed by atoms with E-state index in [1.165, 1.54) is 16.8 Å². The van der Waals surface area contributed by atoms with Crippen LogP contribution in [0.25, 0.3) is 11.9 Å². The van der Waals surface area contributed by atoms with E-state index in [9.17, 15) is 18.0 Å². The Bertz CT molecular complexity index is 796. The van der Waals surface area contributed by atoms with Crippen LogP contribution in [0, 0.1) is 0 Å². The maximum atomic E-state index is 12.7. The SMILES string of the molecule is CCCC(C)c1nn(-c2ccc(C(F)(F)F)cn2)cc1/C=C/C(=O)OCC. The second kappa shape index (κ2) is 8.83. The number of nitrogens with zero attached hydrogens (tertiary/aromatic N) is 3. The first-order valence-electron chi connectivity index (χ1n) is 8.74. The van der Waals surface area contributed by atoms with Gasteiger partial charge in [-0.15, -0.1) is 0 Å². The molecule has 0 saturated heterocycles. The Hall–Kier alpha value is -2.64. The number of hydrogen-bond acceptors (Lipinski definition) is 4. The number of pyridine rings is 1. The molecule has 146 valence electrons. The minimum Gasteiger partial charge on any atom is -0.463 e. The zero-order valence-electron chi connectivity index (χ0n) is 15.5. The maximum absolute atomic E-state index is 12.7. The normalized spacial score (nSPS) is 13.1. The molecule has 1 unspecified atom stereocenters. The van der Waals surface area contributed by atoms with Crippen molar-refractivity contribution in [3.63, 3.8) is 0 Å². The fourth-order valence-corrected chi connectivity index (χ4v) is 2.64. The van der Waals surface area contributed by atoms with Crippen LogP contribution < -0.4 is 0 Å². The third-order valence-electron chi connectivity index (χ3n) is 3.96. The second-order valence-corrected chi connectivity index (χ2v) is 6.09. The van der Waals surface area contributed by atoms with Gasteiger partial charge in [-0.1, -0.05) is 20.3 Å². The molecule has 0 spiro atoms. The number of hydrogen-bond donors (Lipinski definition) is 0. The lowest BCUT2D eigenvalue weighted by molar-refractivity contribution is -0.138. The molecule has 0 saturated carbocycles. The van der Waals surface area contributed by atoms with Gasteiger partial charge in [-0.25, -0.2) is 14.5 Å². The van der Waals surface area contributed by atoms with Gasteiger partial charge in [0.05, 0.1) is 17.9 Å². The number of carbonyl (C=O) groups is 1. The molecular formula is C19H22F3N3O2. The van der Waals surface area contributed by atoms with Crippen molar-refractivity contribution in [1.82, 2.24) is 14.8 Å². The molecule has 0 aliphatic carbocycles. The molecule has 2 rings (SSSR count). The Morgan fingerprint density at radius 1 is 1.33 bits per heavy atom. The fourth-order valence-electron chi connectivity index (χ4n) is 2.64. The van der Waals surface area contributed by atoms with Gasteiger partial charge in [-0.3, -0.25) is 0 Å². The van der Waals surface area contributed by atoms with Crippen LogP contribution >= 0.6 is 0 Å². The van der Waals surface area contributed by atoms with Crippen molar-refractivity contribution < 1.29 is 22.7 Å². The molecule has 5 nitrogen and oxygen atoms in total. The number of carbonyl (C=O) groups excluding carboxylic acids is 1. The smallest absolute Gasteiger partial charge is 0.417 e. The van der Waals surface area contributed by atoms with Gasteiger partial charge in [0.15, 0.2) is 5.82 Å². The van der Waals surface area contributed by atoms with E-state index in [4.69, 9.17) is 4.74 Å². The molecular weight excluding hydrogens is 359 g/mol. The predicted octanol–water partition coefficient (Wildman–Crippen LogP) is 4.77. The highest BCUT2D eigenvalue weighted by Crippen LogP contribution is 2.29. The van der Waals surface area contributed by atoms with Crippen LogP contribution in [-0.4, -0.2) is 27.3 Å². The van der Waals surface area contributed by atoms with Crippen LogP contribution in [0.4, 0.5) is 13.2 Å². The van der Waals surface area contributed by atoms with Crippen LogP contribution in [0.1, 0.15) is 56.4 Å². The number of ether oxygens (including phenoxy) is 1. The molecule has 0 fully saturated rings. The van der Waals surface area contributed by atoms with Gasteiger partial charge in [-0.05, 0) is 31.6 Å². The highest BCUT2D eigenvalue weighted by atomic mass is 19.4. The van der Waals surface area contributed by atoms with Crippen LogP contribution in [0.5, 0.6) is 0 Å². The molecule has 2 heterocycles. The lowest BCUT2D eigenvalue weighted by Crippen LogP contribution is -2.07. The van der Waals surface area contributed by atoms with Crippen molar-refractivity contribution in [3.05, 3.63) is 47.4 Å². The Labute approximate surface area is 155 Å². The van der Waals surface area contributed by atoms with Crippen LogP contribution in [0.15, 0.2) is 30.6 Å². The van der Waals surface area contributed by atoms with E-state index in [1.54, 1.807) is 19.2 Å². The molecule has 2 aromatic heterocycles. The molecule has 8 heteroatoms. The molecule has 27 heavy (non-hydrogen) atoms. The summed E-state index contributed by atoms with van der Waals surface area (Å²) in [4.78, 5) is 15.4. The second-order valence-electron chi connectivity index (χ2n) is 6.09. The summed E-state index contributed by atoms with van der Waals surface area (Å²) in [5, 5.41) is 4.48. The van der Waals surface area contributed by atoms with E-state index in [-0.39, 0.29) is 18.3 Å². The molecule has 0 amide bonds. The lowest BCUT2D eigenvalue weighted by atomic mass is 9.99. The van der Waals surface area contributed by atoms with Crippen molar-refractivity contribution >= 4 is 12.0 Å². The monoisotopic (exact) mass is 381 g/mol. The van der Waals surface area contributed by atoms with Gasteiger partial charge in [0.1, 0.15) is 0 Å². The van der Waals surface area contributed by atoms with Gasteiger partial charge in [0, 0.05) is 30.0 Å². The fraction of sp³-hybridized carbons (Fsp3) is 0.421. The largest absolute Gasteiger partial charge is 0.463 e. The Morgan fingerprint density at radius 2 is 2.07 bits per heavy atom. The minimum atomic E-state index is -4.44. The highest BCUT2D eigenvalue weighted by Gasteiger charge is 2.30. The molecule has 0 bridgehead atoms. The summed E-state index contributed by atoms with van der Waals surface area (Å²) in [6, 6.07) is 2.23. The van der Waals surface area contributed by atoms with E-state index in [2.05, 4.69) is 17.0 Å². The Kier molecular flexibility index (Phi) is 6.76. The zero-order chi connectivity index (χ0) is 20.0. The summed E-state index contributed by atoms with van der Waals surface area (Å²) in [5.41, 5.74) is 0.630. The van der Waals surface area contributed by atoms with E-state index >= 15 is 0 Å². The molecule has 2 aromatic rings. The van der Waals surface area contributed by atoms with Gasteiger partial charge in [0.25, 0.3) is 0 Å². The van der Waals surface area contributed by atoms with Crippen molar-refractivity contribution in [3.8, 4) is 5.82 Å². The first-order chi connectivity index (χ1) is 12.8. The summed E-state index contributed by atoms with van der Waals surface area (Å²) >= 11 is 0. The van der Waals surface area contributed by atoms with Crippen molar-refractivity contribution in [2.24, 2.45) is 0 Å². The van der Waals surface area contributed by atoms with E-state index in [0.29, 0.717) is 5.56 Å². The number of alkyl halides is 3. The van der Waals surface area contributed by atoms with Crippen LogP contribution in [-0.2, 0) is 15.7 Å². The first kappa shape index (κ1) is 20.7. The average Bonchev–Trinajstić information content (AvgIpc) is 3.04. The van der Waals surface area contributed by atoms with Gasteiger partial charge in [-0.2, -0.15) is 18.3 Å². The van der Waals surface area contributed by atoms with E-state index in [0.717, 1.165) is 30.8 Å². The van der Waals surface area contributed by atoms with Gasteiger partial charge in [0.2, 0.25) is 0 Å². The number of esters is 1. The Morgan fingerprint density at radius 3 is 2.63 bits per heavy atom. The predicted molar refractivity (Wildman–Crippen MR) is 95.4 cm³/mol. The first-order valence-corrected chi connectivity index (χ1v) is 8.74. The lowest BCUT2D eigenvalue weighted by Gasteiger charge is -2.08. The quantitative estimate of drug-likeness (QED) is 0.512. The van der Waals surface area contributed by atoms with Gasteiger partial charge < -0.3 is 4.74 Å². The standard InChI is InChI=1S/C19H22F3N3O2/c1-4-6-13(3)18-14(7-10-17(26)27-5-2)12-25(24-18)16-9-8-15(11-23-16)19(20,21)22/h7-13H,4-6H2,1-3H3/b10-7+. The molecule has 0 aliphatic rings. The summed E-state index contributed by atoms with van der Waals surface area (Å²) in [6.45, 7) is 6.06. The summed E-state index contributed by atoms with van der Waals surface area (Å²) < 4.78 is 44.4. The molecule has 0 N–H and O–H groups in total. The third kappa shape index (κ3) is 5.42. The van der Waals surface area contributed by atoms with Crippen molar-refractivity contribution in [2.75, 3.05) is 6.61 Å². The summed E-state index contributed by atoms with van der Waals surface area (Å²) in [6.07, 6.45) is 2.74. The summed E-state index contributed by atoms with van der Waals surface area (Å²) in [5.74, 6) is -0.0803. The number of halogens is 3. The maximum Gasteiger partial charge on any atom is 0.417 e. The molecule has 0 aliphatic heterocycles. The average molecular weight is 381 g/mol. The molecule has 0 radical (unpaired) electrons. The highest BCUT2D eigenvalue weighted by molar-refractivity contribution is 5.87. The van der Waals surface area contributed by atoms with Crippen LogP contribution in [0.2, 0.25) is 0 Å². The zero-order valence-corrected chi connectivity index (χ0v) is 15.5. The van der Waals surface area contributed by atoms with E-state index in [1.807, 2.05) is 6.92 Å². The van der Waals surface area contributed by atoms with Crippen molar-refractivity contribution in [2.45, 2.75) is 45.7 Å². The minimum absolute atomic E-state index is 0.118. The molecule has 1 atom stereocenters. The number of rotatable bonds is 7. The van der Waals surface area contributed by atoms with Crippen molar-refractivity contribution in [1.29, 1.82) is 0 Å². The molecule has 0 aromatic carbocycles. The number of aromatic nitrogens is 3. The van der Waals surface area contributed by atoms with Gasteiger partial charge >= 0.3 is 12.1 Å². The van der Waals surface area contributed by atoms with Crippen LogP contribution in [0.3, 0.4) is 0 Å².